The van der Waals surface area contributed by atoms with Crippen LogP contribution in [-0.4, -0.2) is 0 Å². The summed E-state index contributed by atoms with van der Waals surface area (Å²) in [6.45, 7) is 0. The summed E-state index contributed by atoms with van der Waals surface area (Å²) in [6, 6.07) is 32.8. The minimum atomic E-state index is 0.545. The minimum Gasteiger partial charge on any atom is -0.457 e. The van der Waals surface area contributed by atoms with Crippen molar-refractivity contribution in [2.24, 2.45) is 0 Å². The van der Waals surface area contributed by atoms with Gasteiger partial charge in [-0.2, -0.15) is 0 Å². The third-order valence-electron chi connectivity index (χ3n) is 4.22. The number of halogens is 1. The van der Waals surface area contributed by atoms with Crippen LogP contribution >= 0.6 is 15.9 Å². The predicted octanol–water partition coefficient (Wildman–Crippen LogP) is 7.96. The fourth-order valence-electron chi connectivity index (χ4n) is 2.84. The Morgan fingerprint density at radius 3 is 1.38 bits per heavy atom. The Hall–Kier alpha value is -3.24. The lowest BCUT2D eigenvalue weighted by molar-refractivity contribution is 0.408. The summed E-state index contributed by atoms with van der Waals surface area (Å²) in [4.78, 5) is 0. The van der Waals surface area contributed by atoms with Crippen molar-refractivity contribution in [3.63, 3.8) is 0 Å². The van der Waals surface area contributed by atoms with Crippen molar-refractivity contribution in [1.82, 2.24) is 0 Å². The second-order valence-electron chi connectivity index (χ2n) is 6.25. The Morgan fingerprint density at radius 2 is 0.897 bits per heavy atom. The summed E-state index contributed by atoms with van der Waals surface area (Å²) in [6.07, 6.45) is 0. The zero-order valence-electron chi connectivity index (χ0n) is 15.6. The lowest BCUT2D eigenvalue weighted by atomic mass is 10.1. The SMILES string of the molecule is BrCc1c(Oc2ccccc2)ccc(Oc2ccccc2)c1Oc1ccccc1. The van der Waals surface area contributed by atoms with E-state index in [9.17, 15) is 0 Å². The largest absolute Gasteiger partial charge is 0.457 e. The van der Waals surface area contributed by atoms with Crippen molar-refractivity contribution in [3.05, 3.63) is 109 Å². The molecular weight excluding hydrogens is 428 g/mol. The number of para-hydroxylation sites is 3. The molecule has 0 saturated carbocycles. The molecule has 0 saturated heterocycles. The number of ether oxygens (including phenoxy) is 3. The molecule has 4 aromatic rings. The Bertz CT molecular complexity index is 1050. The molecular formula is C25H19BrO3. The van der Waals surface area contributed by atoms with Crippen LogP contribution in [0, 0.1) is 0 Å². The predicted molar refractivity (Wildman–Crippen MR) is 119 cm³/mol. The molecule has 0 N–H and O–H groups in total. The van der Waals surface area contributed by atoms with E-state index < -0.39 is 0 Å². The highest BCUT2D eigenvalue weighted by Crippen LogP contribution is 2.44. The van der Waals surface area contributed by atoms with E-state index in [0.29, 0.717) is 22.6 Å². The van der Waals surface area contributed by atoms with Gasteiger partial charge >= 0.3 is 0 Å². The van der Waals surface area contributed by atoms with E-state index >= 15 is 0 Å². The highest BCUT2D eigenvalue weighted by atomic mass is 79.9. The summed E-state index contributed by atoms with van der Waals surface area (Å²) in [5.74, 6) is 4.17. The first-order valence-electron chi connectivity index (χ1n) is 9.24. The number of hydrogen-bond donors (Lipinski definition) is 0. The Morgan fingerprint density at radius 1 is 0.483 bits per heavy atom. The lowest BCUT2D eigenvalue weighted by Gasteiger charge is -2.18. The van der Waals surface area contributed by atoms with E-state index in [4.69, 9.17) is 14.2 Å². The number of benzene rings is 4. The molecule has 0 aromatic heterocycles. The molecule has 4 rings (SSSR count). The molecule has 4 aromatic carbocycles. The molecule has 0 atom stereocenters. The molecule has 0 radical (unpaired) electrons. The van der Waals surface area contributed by atoms with Gasteiger partial charge in [0.15, 0.2) is 11.5 Å². The van der Waals surface area contributed by atoms with Gasteiger partial charge < -0.3 is 14.2 Å². The fraction of sp³-hybridized carbons (Fsp3) is 0.0400. The van der Waals surface area contributed by atoms with Crippen LogP contribution in [0.5, 0.6) is 34.5 Å². The minimum absolute atomic E-state index is 0.545. The zero-order chi connectivity index (χ0) is 19.9. The van der Waals surface area contributed by atoms with Crippen LogP contribution in [0.1, 0.15) is 5.56 Å². The van der Waals surface area contributed by atoms with Crippen molar-refractivity contribution < 1.29 is 14.2 Å². The average Bonchev–Trinajstić information content (AvgIpc) is 2.78. The van der Waals surface area contributed by atoms with E-state index in [1.54, 1.807) is 0 Å². The average molecular weight is 447 g/mol. The summed E-state index contributed by atoms with van der Waals surface area (Å²) in [5.41, 5.74) is 0.867. The van der Waals surface area contributed by atoms with Crippen LogP contribution in [0.2, 0.25) is 0 Å². The molecule has 29 heavy (non-hydrogen) atoms. The fourth-order valence-corrected chi connectivity index (χ4v) is 3.37. The maximum atomic E-state index is 6.25. The first kappa shape index (κ1) is 19.1. The van der Waals surface area contributed by atoms with Crippen molar-refractivity contribution in [2.75, 3.05) is 0 Å². The molecule has 4 heteroatoms. The van der Waals surface area contributed by atoms with Gasteiger partial charge in [0.05, 0.1) is 5.56 Å². The second-order valence-corrected chi connectivity index (χ2v) is 6.81. The van der Waals surface area contributed by atoms with Gasteiger partial charge in [0.25, 0.3) is 0 Å². The van der Waals surface area contributed by atoms with Gasteiger partial charge in [-0.15, -0.1) is 0 Å². The third-order valence-corrected chi connectivity index (χ3v) is 4.78. The Kier molecular flexibility index (Phi) is 6.13. The third kappa shape index (κ3) is 4.79. The number of alkyl halides is 1. The molecule has 0 fully saturated rings. The van der Waals surface area contributed by atoms with Crippen LogP contribution in [0.4, 0.5) is 0 Å². The van der Waals surface area contributed by atoms with Crippen molar-refractivity contribution in [1.29, 1.82) is 0 Å². The van der Waals surface area contributed by atoms with E-state index in [1.165, 1.54) is 0 Å². The normalized spacial score (nSPS) is 10.4. The van der Waals surface area contributed by atoms with Gasteiger partial charge in [0, 0.05) is 5.33 Å². The smallest absolute Gasteiger partial charge is 0.177 e. The van der Waals surface area contributed by atoms with Gasteiger partial charge in [-0.1, -0.05) is 70.5 Å². The molecule has 0 bridgehead atoms. The van der Waals surface area contributed by atoms with Gasteiger partial charge in [0.1, 0.15) is 23.0 Å². The van der Waals surface area contributed by atoms with Crippen LogP contribution in [0.15, 0.2) is 103 Å². The quantitative estimate of drug-likeness (QED) is 0.269. The zero-order valence-corrected chi connectivity index (χ0v) is 17.2. The molecule has 0 amide bonds. The maximum Gasteiger partial charge on any atom is 0.177 e. The number of rotatable bonds is 7. The molecule has 3 nitrogen and oxygen atoms in total. The highest BCUT2D eigenvalue weighted by Gasteiger charge is 2.18. The van der Waals surface area contributed by atoms with E-state index in [-0.39, 0.29) is 0 Å². The summed E-state index contributed by atoms with van der Waals surface area (Å²) in [7, 11) is 0. The lowest BCUT2D eigenvalue weighted by Crippen LogP contribution is -1.98. The standard InChI is InChI=1S/C25H19BrO3/c26-18-22-23(27-19-10-4-1-5-11-19)16-17-24(28-20-12-6-2-7-13-20)25(22)29-21-14-8-3-9-15-21/h1-17H,18H2. The van der Waals surface area contributed by atoms with Gasteiger partial charge in [-0.05, 0) is 48.5 Å². The number of hydrogen-bond acceptors (Lipinski definition) is 3. The molecule has 0 heterocycles. The van der Waals surface area contributed by atoms with Gasteiger partial charge in [0.2, 0.25) is 0 Å². The molecule has 144 valence electrons. The monoisotopic (exact) mass is 446 g/mol. The van der Waals surface area contributed by atoms with Gasteiger partial charge in [-0.3, -0.25) is 0 Å². The van der Waals surface area contributed by atoms with E-state index in [2.05, 4.69) is 15.9 Å². The summed E-state index contributed by atoms with van der Waals surface area (Å²) < 4.78 is 18.5. The van der Waals surface area contributed by atoms with E-state index in [0.717, 1.165) is 22.8 Å². The molecule has 0 aliphatic rings. The second kappa shape index (κ2) is 9.30. The first-order valence-corrected chi connectivity index (χ1v) is 10.4. The van der Waals surface area contributed by atoms with E-state index in [1.807, 2.05) is 103 Å². The Balaban J connectivity index is 1.76. The molecule has 0 aliphatic heterocycles. The van der Waals surface area contributed by atoms with Crippen LogP contribution in [-0.2, 0) is 5.33 Å². The molecule has 0 unspecified atom stereocenters. The summed E-state index contributed by atoms with van der Waals surface area (Å²) in [5, 5.41) is 0.545. The van der Waals surface area contributed by atoms with Crippen LogP contribution in [0.25, 0.3) is 0 Å². The molecule has 0 spiro atoms. The topological polar surface area (TPSA) is 27.7 Å². The van der Waals surface area contributed by atoms with Crippen molar-refractivity contribution in [2.45, 2.75) is 5.33 Å². The Labute approximate surface area is 178 Å². The van der Waals surface area contributed by atoms with Crippen molar-refractivity contribution >= 4 is 15.9 Å². The van der Waals surface area contributed by atoms with Crippen LogP contribution < -0.4 is 14.2 Å². The maximum absolute atomic E-state index is 6.25. The highest BCUT2D eigenvalue weighted by molar-refractivity contribution is 9.08. The van der Waals surface area contributed by atoms with Crippen molar-refractivity contribution in [3.8, 4) is 34.5 Å². The van der Waals surface area contributed by atoms with Gasteiger partial charge in [-0.25, -0.2) is 0 Å². The first-order chi connectivity index (χ1) is 14.3. The summed E-state index contributed by atoms with van der Waals surface area (Å²) >= 11 is 3.59. The van der Waals surface area contributed by atoms with Crippen LogP contribution in [0.3, 0.4) is 0 Å². The molecule has 0 aliphatic carbocycles.